The number of piperidine rings is 1. The first kappa shape index (κ1) is 12.9. The number of hydrogen-bond donors (Lipinski definition) is 0. The quantitative estimate of drug-likeness (QED) is 0.802. The molecule has 0 radical (unpaired) electrons. The van der Waals surface area contributed by atoms with Gasteiger partial charge in [0.25, 0.3) is 0 Å². The Balaban J connectivity index is 1.84. The molecular formula is C16H17F2N3. The molecular weight excluding hydrogens is 272 g/mol. The molecule has 2 fully saturated rings. The molecule has 0 bridgehead atoms. The molecule has 5 heteroatoms. The standard InChI is InChI=1S/C16H17F2N3/c17-12-7-11-14(8-13(12)18)19-9-20-16(11)21-6-2-4-10-3-1-5-15(10)21/h7-10,15H,1-6H2/t10-,15-/m1/s1. The summed E-state index contributed by atoms with van der Waals surface area (Å²) in [5, 5.41) is 0.615. The second kappa shape index (κ2) is 4.90. The average Bonchev–Trinajstić information content (AvgIpc) is 2.96. The van der Waals surface area contributed by atoms with Crippen LogP contribution in [0.15, 0.2) is 18.5 Å². The predicted octanol–water partition coefficient (Wildman–Crippen LogP) is 3.68. The highest BCUT2D eigenvalue weighted by Crippen LogP contribution is 2.40. The number of aromatic nitrogens is 2. The third kappa shape index (κ3) is 2.06. The lowest BCUT2D eigenvalue weighted by Gasteiger charge is -2.39. The summed E-state index contributed by atoms with van der Waals surface area (Å²) < 4.78 is 27.0. The molecule has 2 heterocycles. The van der Waals surface area contributed by atoms with Crippen LogP contribution in [0.25, 0.3) is 10.9 Å². The molecule has 4 rings (SSSR count). The molecule has 2 aromatic rings. The van der Waals surface area contributed by atoms with Crippen molar-refractivity contribution in [2.45, 2.75) is 38.1 Å². The van der Waals surface area contributed by atoms with Gasteiger partial charge in [0.15, 0.2) is 11.6 Å². The Morgan fingerprint density at radius 2 is 1.81 bits per heavy atom. The van der Waals surface area contributed by atoms with Gasteiger partial charge in [-0.25, -0.2) is 18.7 Å². The molecule has 1 aliphatic carbocycles. The van der Waals surface area contributed by atoms with Gasteiger partial charge in [0.2, 0.25) is 0 Å². The van der Waals surface area contributed by atoms with Crippen LogP contribution in [0.4, 0.5) is 14.6 Å². The zero-order valence-corrected chi connectivity index (χ0v) is 11.7. The van der Waals surface area contributed by atoms with Gasteiger partial charge in [-0.1, -0.05) is 6.42 Å². The van der Waals surface area contributed by atoms with Crippen LogP contribution in [0, 0.1) is 17.6 Å². The van der Waals surface area contributed by atoms with Gasteiger partial charge in [-0.2, -0.15) is 0 Å². The van der Waals surface area contributed by atoms with Crippen molar-refractivity contribution in [2.75, 3.05) is 11.4 Å². The lowest BCUT2D eigenvalue weighted by atomic mass is 9.92. The summed E-state index contributed by atoms with van der Waals surface area (Å²) in [5.74, 6) is -0.215. The van der Waals surface area contributed by atoms with E-state index in [1.165, 1.54) is 38.1 Å². The molecule has 0 N–H and O–H groups in total. The molecule has 2 aliphatic rings. The highest BCUT2D eigenvalue weighted by atomic mass is 19.2. The highest BCUT2D eigenvalue weighted by Gasteiger charge is 2.36. The van der Waals surface area contributed by atoms with Gasteiger partial charge in [0, 0.05) is 24.0 Å². The van der Waals surface area contributed by atoms with Crippen LogP contribution in [-0.2, 0) is 0 Å². The Hall–Kier alpha value is -1.78. The van der Waals surface area contributed by atoms with Crippen LogP contribution in [0.1, 0.15) is 32.1 Å². The maximum Gasteiger partial charge on any atom is 0.161 e. The van der Waals surface area contributed by atoms with Crippen LogP contribution in [0.3, 0.4) is 0 Å². The van der Waals surface area contributed by atoms with E-state index in [1.54, 1.807) is 0 Å². The van der Waals surface area contributed by atoms with Crippen LogP contribution < -0.4 is 4.90 Å². The second-order valence-corrected chi connectivity index (χ2v) is 6.07. The molecule has 1 saturated carbocycles. The Morgan fingerprint density at radius 1 is 1.00 bits per heavy atom. The fourth-order valence-corrected chi connectivity index (χ4v) is 3.98. The van der Waals surface area contributed by atoms with E-state index < -0.39 is 11.6 Å². The summed E-state index contributed by atoms with van der Waals surface area (Å²) in [5.41, 5.74) is 0.471. The minimum Gasteiger partial charge on any atom is -0.353 e. The number of halogens is 2. The maximum absolute atomic E-state index is 13.6. The minimum atomic E-state index is -0.857. The van der Waals surface area contributed by atoms with Crippen molar-refractivity contribution in [1.82, 2.24) is 9.97 Å². The second-order valence-electron chi connectivity index (χ2n) is 6.07. The topological polar surface area (TPSA) is 29.0 Å². The summed E-state index contributed by atoms with van der Waals surface area (Å²) in [6.45, 7) is 0.937. The van der Waals surface area contributed by atoms with Crippen molar-refractivity contribution in [3.8, 4) is 0 Å². The molecule has 1 saturated heterocycles. The molecule has 110 valence electrons. The summed E-state index contributed by atoms with van der Waals surface area (Å²) in [6, 6.07) is 2.88. The van der Waals surface area contributed by atoms with Gasteiger partial charge >= 0.3 is 0 Å². The van der Waals surface area contributed by atoms with Crippen molar-refractivity contribution in [3.63, 3.8) is 0 Å². The van der Waals surface area contributed by atoms with Crippen molar-refractivity contribution in [3.05, 3.63) is 30.1 Å². The number of fused-ring (bicyclic) bond motifs is 2. The predicted molar refractivity (Wildman–Crippen MR) is 77.2 cm³/mol. The zero-order valence-electron chi connectivity index (χ0n) is 11.7. The molecule has 0 amide bonds. The van der Waals surface area contributed by atoms with Crippen molar-refractivity contribution >= 4 is 16.7 Å². The largest absolute Gasteiger partial charge is 0.353 e. The van der Waals surface area contributed by atoms with E-state index in [2.05, 4.69) is 14.9 Å². The van der Waals surface area contributed by atoms with Gasteiger partial charge < -0.3 is 4.90 Å². The fourth-order valence-electron chi connectivity index (χ4n) is 3.98. The summed E-state index contributed by atoms with van der Waals surface area (Å²) in [4.78, 5) is 10.8. The van der Waals surface area contributed by atoms with Crippen LogP contribution in [-0.4, -0.2) is 22.6 Å². The van der Waals surface area contributed by atoms with E-state index in [9.17, 15) is 8.78 Å². The molecule has 21 heavy (non-hydrogen) atoms. The number of anilines is 1. The maximum atomic E-state index is 13.6. The first-order valence-corrected chi connectivity index (χ1v) is 7.60. The number of benzene rings is 1. The highest BCUT2D eigenvalue weighted by molar-refractivity contribution is 5.89. The lowest BCUT2D eigenvalue weighted by Crippen LogP contribution is -2.43. The Kier molecular flexibility index (Phi) is 3.01. The third-order valence-corrected chi connectivity index (χ3v) is 4.92. The summed E-state index contributed by atoms with van der Waals surface area (Å²) in [7, 11) is 0. The Bertz CT molecular complexity index is 689. The minimum absolute atomic E-state index is 0.471. The van der Waals surface area contributed by atoms with Gasteiger partial charge in [-0.15, -0.1) is 0 Å². The molecule has 3 nitrogen and oxygen atoms in total. The van der Waals surface area contributed by atoms with E-state index in [-0.39, 0.29) is 0 Å². The molecule has 1 aliphatic heterocycles. The molecule has 0 unspecified atom stereocenters. The van der Waals surface area contributed by atoms with Gasteiger partial charge in [-0.3, -0.25) is 0 Å². The van der Waals surface area contributed by atoms with Gasteiger partial charge in [-0.05, 0) is 37.7 Å². The van der Waals surface area contributed by atoms with Gasteiger partial charge in [0.05, 0.1) is 5.52 Å². The SMILES string of the molecule is Fc1cc2ncnc(N3CCC[C@H]4CCC[C@H]43)c2cc1F. The monoisotopic (exact) mass is 289 g/mol. The fraction of sp³-hybridized carbons (Fsp3) is 0.500. The Labute approximate surface area is 122 Å². The smallest absolute Gasteiger partial charge is 0.161 e. The number of rotatable bonds is 1. The van der Waals surface area contributed by atoms with E-state index in [4.69, 9.17) is 0 Å². The molecule has 2 atom stereocenters. The van der Waals surface area contributed by atoms with E-state index in [0.717, 1.165) is 24.8 Å². The van der Waals surface area contributed by atoms with Crippen LogP contribution in [0.2, 0.25) is 0 Å². The average molecular weight is 289 g/mol. The first-order valence-electron chi connectivity index (χ1n) is 7.60. The lowest BCUT2D eigenvalue weighted by molar-refractivity contribution is 0.361. The molecule has 1 aromatic heterocycles. The third-order valence-electron chi connectivity index (χ3n) is 4.92. The summed E-state index contributed by atoms with van der Waals surface area (Å²) >= 11 is 0. The molecule has 0 spiro atoms. The number of hydrogen-bond acceptors (Lipinski definition) is 3. The summed E-state index contributed by atoms with van der Waals surface area (Å²) in [6.07, 6.45) is 7.54. The van der Waals surface area contributed by atoms with Crippen molar-refractivity contribution < 1.29 is 8.78 Å². The van der Waals surface area contributed by atoms with Crippen molar-refractivity contribution in [2.24, 2.45) is 5.92 Å². The van der Waals surface area contributed by atoms with E-state index in [0.29, 0.717) is 22.9 Å². The van der Waals surface area contributed by atoms with E-state index >= 15 is 0 Å². The Morgan fingerprint density at radius 3 is 2.71 bits per heavy atom. The number of nitrogens with zero attached hydrogens (tertiary/aromatic N) is 3. The van der Waals surface area contributed by atoms with Crippen LogP contribution >= 0.6 is 0 Å². The normalized spacial score (nSPS) is 25.3. The first-order chi connectivity index (χ1) is 10.2. The van der Waals surface area contributed by atoms with Gasteiger partial charge in [0.1, 0.15) is 12.1 Å². The van der Waals surface area contributed by atoms with E-state index in [1.807, 2.05) is 0 Å². The van der Waals surface area contributed by atoms with Crippen LogP contribution in [0.5, 0.6) is 0 Å². The zero-order chi connectivity index (χ0) is 14.4. The molecule has 1 aromatic carbocycles. The van der Waals surface area contributed by atoms with Crippen molar-refractivity contribution in [1.29, 1.82) is 0 Å².